The number of aryl methyl sites for hydroxylation is 1. The summed E-state index contributed by atoms with van der Waals surface area (Å²) in [7, 11) is 1.86. The second kappa shape index (κ2) is 9.80. The van der Waals surface area contributed by atoms with Gasteiger partial charge in [-0.25, -0.2) is 0 Å². The third kappa shape index (κ3) is 5.08. The van der Waals surface area contributed by atoms with Crippen LogP contribution in [0.1, 0.15) is 66.7 Å². The zero-order valence-corrected chi connectivity index (χ0v) is 18.4. The maximum absolute atomic E-state index is 13.0. The van der Waals surface area contributed by atoms with Crippen LogP contribution in [0.3, 0.4) is 0 Å². The summed E-state index contributed by atoms with van der Waals surface area (Å²) in [6.07, 6.45) is 6.33. The van der Waals surface area contributed by atoms with Crippen molar-refractivity contribution in [3.05, 3.63) is 17.0 Å². The molecule has 0 bridgehead atoms. The van der Waals surface area contributed by atoms with Gasteiger partial charge in [-0.2, -0.15) is 5.10 Å². The van der Waals surface area contributed by atoms with Crippen molar-refractivity contribution in [2.24, 2.45) is 7.05 Å². The Bertz CT molecular complexity index is 824. The van der Waals surface area contributed by atoms with Crippen molar-refractivity contribution in [2.45, 2.75) is 64.0 Å². The summed E-state index contributed by atoms with van der Waals surface area (Å²) in [6, 6.07) is 0. The van der Waals surface area contributed by atoms with Gasteiger partial charge in [-0.05, 0) is 32.1 Å². The minimum absolute atomic E-state index is 0.0284. The Labute approximate surface area is 183 Å². The van der Waals surface area contributed by atoms with Crippen molar-refractivity contribution >= 4 is 17.7 Å². The summed E-state index contributed by atoms with van der Waals surface area (Å²) in [4.78, 5) is 41.5. The number of carbonyl (C=O) groups excluding carboxylic acids is 3. The Morgan fingerprint density at radius 1 is 1.06 bits per heavy atom. The van der Waals surface area contributed by atoms with Crippen LogP contribution >= 0.6 is 0 Å². The van der Waals surface area contributed by atoms with Gasteiger partial charge in [0.2, 0.25) is 11.8 Å². The number of rotatable bonds is 6. The van der Waals surface area contributed by atoms with Crippen molar-refractivity contribution in [2.75, 3.05) is 32.8 Å². The van der Waals surface area contributed by atoms with Gasteiger partial charge >= 0.3 is 0 Å². The van der Waals surface area contributed by atoms with Crippen LogP contribution in [0.5, 0.6) is 0 Å². The van der Waals surface area contributed by atoms with Crippen molar-refractivity contribution in [3.8, 4) is 0 Å². The van der Waals surface area contributed by atoms with Crippen molar-refractivity contribution in [1.82, 2.24) is 24.9 Å². The smallest absolute Gasteiger partial charge is 0.274 e. The van der Waals surface area contributed by atoms with Gasteiger partial charge in [0.25, 0.3) is 5.91 Å². The van der Waals surface area contributed by atoms with Crippen LogP contribution in [0.15, 0.2) is 0 Å². The molecule has 1 N–H and O–H groups in total. The topological polar surface area (TPSA) is 96.8 Å². The number of ether oxygens (including phenoxy) is 1. The number of hydrogen-bond acceptors (Lipinski definition) is 5. The fourth-order valence-electron chi connectivity index (χ4n) is 4.72. The summed E-state index contributed by atoms with van der Waals surface area (Å²) in [5, 5.41) is 7.37. The normalized spacial score (nSPS) is 21.1. The highest BCUT2D eigenvalue weighted by atomic mass is 16.5. The molecule has 3 aliphatic rings. The van der Waals surface area contributed by atoms with Gasteiger partial charge in [0.1, 0.15) is 0 Å². The lowest BCUT2D eigenvalue weighted by Gasteiger charge is -2.29. The first-order valence-corrected chi connectivity index (χ1v) is 11.5. The van der Waals surface area contributed by atoms with Gasteiger partial charge in [-0.15, -0.1) is 0 Å². The summed E-state index contributed by atoms with van der Waals surface area (Å²) in [6.45, 7) is 3.78. The van der Waals surface area contributed by atoms with E-state index >= 15 is 0 Å². The predicted octanol–water partition coefficient (Wildman–Crippen LogP) is 1.01. The Balaban J connectivity index is 1.32. The number of nitrogens with one attached hydrogen (secondary N) is 1. The lowest BCUT2D eigenvalue weighted by Crippen LogP contribution is -2.39. The third-order valence-electron chi connectivity index (χ3n) is 6.56. The summed E-state index contributed by atoms with van der Waals surface area (Å²) in [5.74, 6) is -0.207. The highest BCUT2D eigenvalue weighted by Crippen LogP contribution is 2.25. The van der Waals surface area contributed by atoms with Crippen LogP contribution in [0.25, 0.3) is 0 Å². The van der Waals surface area contributed by atoms with E-state index in [1.54, 1.807) is 9.58 Å². The van der Waals surface area contributed by atoms with E-state index < -0.39 is 0 Å². The maximum Gasteiger partial charge on any atom is 0.274 e. The first kappa shape index (κ1) is 21.8. The number of fused-ring (bicyclic) bond motifs is 1. The monoisotopic (exact) mass is 431 g/mol. The fraction of sp³-hybridized carbons (Fsp3) is 0.727. The molecule has 170 valence electrons. The van der Waals surface area contributed by atoms with Crippen molar-refractivity contribution in [1.29, 1.82) is 0 Å². The predicted molar refractivity (Wildman–Crippen MR) is 113 cm³/mol. The fourth-order valence-corrected chi connectivity index (χ4v) is 4.72. The number of piperidine rings is 1. The highest BCUT2D eigenvalue weighted by Gasteiger charge is 2.31. The largest absolute Gasteiger partial charge is 0.376 e. The molecular formula is C22H33N5O4. The molecular weight excluding hydrogens is 398 g/mol. The molecule has 0 radical (unpaired) electrons. The molecule has 0 aromatic carbocycles. The number of amides is 3. The Morgan fingerprint density at radius 2 is 1.87 bits per heavy atom. The number of aromatic nitrogens is 2. The molecule has 1 aromatic heterocycles. The van der Waals surface area contributed by atoms with Gasteiger partial charge in [-0.3, -0.25) is 19.1 Å². The average molecular weight is 432 g/mol. The van der Waals surface area contributed by atoms with E-state index in [-0.39, 0.29) is 36.7 Å². The summed E-state index contributed by atoms with van der Waals surface area (Å²) in [5.41, 5.74) is 2.37. The van der Waals surface area contributed by atoms with Crippen LogP contribution in [-0.4, -0.2) is 76.2 Å². The van der Waals surface area contributed by atoms with E-state index in [0.29, 0.717) is 31.7 Å². The average Bonchev–Trinajstić information content (AvgIpc) is 3.44. The van der Waals surface area contributed by atoms with Crippen LogP contribution < -0.4 is 5.32 Å². The molecule has 9 nitrogen and oxygen atoms in total. The van der Waals surface area contributed by atoms with Crippen molar-refractivity contribution < 1.29 is 19.1 Å². The molecule has 4 heterocycles. The second-order valence-corrected chi connectivity index (χ2v) is 8.75. The maximum atomic E-state index is 13.0. The lowest BCUT2D eigenvalue weighted by atomic mass is 10.0. The molecule has 4 rings (SSSR count). The summed E-state index contributed by atoms with van der Waals surface area (Å²) >= 11 is 0. The Hall–Kier alpha value is -2.42. The quantitative estimate of drug-likeness (QED) is 0.725. The molecule has 3 aliphatic heterocycles. The standard InChI is InChI=1S/C22H33N5O4/c1-25-18-9-12-27(20(29)8-7-19(28)23-14-16-6-5-13-31-16)15-17(18)21(24-25)22(30)26-10-3-2-4-11-26/h16H,2-15H2,1H3,(H,23,28)/t16-/m1/s1. The number of likely N-dealkylation sites (tertiary alicyclic amines) is 1. The molecule has 0 saturated carbocycles. The summed E-state index contributed by atoms with van der Waals surface area (Å²) < 4.78 is 7.29. The number of nitrogens with zero attached hydrogens (tertiary/aromatic N) is 4. The van der Waals surface area contributed by atoms with Gasteiger partial charge < -0.3 is 19.9 Å². The van der Waals surface area contributed by atoms with Crippen LogP contribution in [0.4, 0.5) is 0 Å². The van der Waals surface area contributed by atoms with Crippen LogP contribution in [-0.2, 0) is 34.3 Å². The van der Waals surface area contributed by atoms with Gasteiger partial charge in [0.05, 0.1) is 6.10 Å². The minimum Gasteiger partial charge on any atom is -0.376 e. The van der Waals surface area contributed by atoms with E-state index in [2.05, 4.69) is 10.4 Å². The molecule has 0 spiro atoms. The number of hydrogen-bond donors (Lipinski definition) is 1. The van der Waals surface area contributed by atoms with E-state index in [4.69, 9.17) is 4.74 Å². The molecule has 2 saturated heterocycles. The molecule has 1 aromatic rings. The SMILES string of the molecule is Cn1nc(C(=O)N2CCCCC2)c2c1CCN(C(=O)CCC(=O)NC[C@H]1CCCO1)C2. The molecule has 0 unspecified atom stereocenters. The number of carbonyl (C=O) groups is 3. The molecule has 31 heavy (non-hydrogen) atoms. The van der Waals surface area contributed by atoms with Gasteiger partial charge in [0, 0.05) is 76.9 Å². The third-order valence-corrected chi connectivity index (χ3v) is 6.56. The van der Waals surface area contributed by atoms with Crippen LogP contribution in [0, 0.1) is 0 Å². The minimum atomic E-state index is -0.121. The zero-order chi connectivity index (χ0) is 21.8. The molecule has 3 amide bonds. The van der Waals surface area contributed by atoms with Gasteiger partial charge in [-0.1, -0.05) is 0 Å². The first-order chi connectivity index (χ1) is 15.0. The molecule has 2 fully saturated rings. The van der Waals surface area contributed by atoms with E-state index in [1.807, 2.05) is 11.9 Å². The van der Waals surface area contributed by atoms with Gasteiger partial charge in [0.15, 0.2) is 5.69 Å². The van der Waals surface area contributed by atoms with Crippen molar-refractivity contribution in [3.63, 3.8) is 0 Å². The molecule has 0 aliphatic carbocycles. The Morgan fingerprint density at radius 3 is 2.61 bits per heavy atom. The van der Waals surface area contributed by atoms with E-state index in [1.165, 1.54) is 0 Å². The molecule has 1 atom stereocenters. The molecule has 9 heteroatoms. The highest BCUT2D eigenvalue weighted by molar-refractivity contribution is 5.94. The van der Waals surface area contributed by atoms with E-state index in [0.717, 1.165) is 63.1 Å². The van der Waals surface area contributed by atoms with Crippen LogP contribution in [0.2, 0.25) is 0 Å². The zero-order valence-electron chi connectivity index (χ0n) is 18.4. The second-order valence-electron chi connectivity index (χ2n) is 8.75. The Kier molecular flexibility index (Phi) is 6.89. The van der Waals surface area contributed by atoms with E-state index in [9.17, 15) is 14.4 Å². The lowest BCUT2D eigenvalue weighted by molar-refractivity contribution is -0.134. The first-order valence-electron chi connectivity index (χ1n) is 11.5.